The molecule has 7 heteroatoms. The number of anilines is 1. The first-order valence-electron chi connectivity index (χ1n) is 14.6. The summed E-state index contributed by atoms with van der Waals surface area (Å²) in [5, 5.41) is 7.48. The fourth-order valence-electron chi connectivity index (χ4n) is 7.06. The molecule has 1 saturated heterocycles. The van der Waals surface area contributed by atoms with Crippen molar-refractivity contribution >= 4 is 16.9 Å². The van der Waals surface area contributed by atoms with Crippen LogP contribution in [0.2, 0.25) is 0 Å². The van der Waals surface area contributed by atoms with E-state index in [4.69, 9.17) is 9.97 Å². The second-order valence-corrected chi connectivity index (χ2v) is 12.0. The Bertz CT molecular complexity index is 1190. The van der Waals surface area contributed by atoms with Crippen molar-refractivity contribution in [3.05, 3.63) is 54.0 Å². The van der Waals surface area contributed by atoms with Crippen LogP contribution < -0.4 is 10.6 Å². The van der Waals surface area contributed by atoms with Gasteiger partial charge < -0.3 is 15.2 Å². The van der Waals surface area contributed by atoms with Crippen LogP contribution in [-0.4, -0.2) is 69.6 Å². The van der Waals surface area contributed by atoms with E-state index in [2.05, 4.69) is 103 Å². The van der Waals surface area contributed by atoms with Gasteiger partial charge in [0.25, 0.3) is 0 Å². The van der Waals surface area contributed by atoms with Gasteiger partial charge in [-0.2, -0.15) is 0 Å². The van der Waals surface area contributed by atoms with Crippen molar-refractivity contribution in [2.75, 3.05) is 32.5 Å². The molecule has 0 radical (unpaired) electrons. The highest BCUT2D eigenvalue weighted by Gasteiger charge is 2.38. The topological polar surface area (TPSA) is 61.3 Å². The summed E-state index contributed by atoms with van der Waals surface area (Å²) in [7, 11) is 6.59. The highest BCUT2D eigenvalue weighted by molar-refractivity contribution is 5.75. The number of piperazine rings is 1. The van der Waals surface area contributed by atoms with E-state index in [1.807, 2.05) is 6.20 Å². The van der Waals surface area contributed by atoms with Crippen LogP contribution in [0.25, 0.3) is 11.2 Å². The van der Waals surface area contributed by atoms with Crippen LogP contribution in [0.5, 0.6) is 0 Å². The third-order valence-electron chi connectivity index (χ3n) is 8.98. The summed E-state index contributed by atoms with van der Waals surface area (Å²) in [6.45, 7) is 8.95. The van der Waals surface area contributed by atoms with Crippen molar-refractivity contribution in [3.63, 3.8) is 0 Å². The highest BCUT2D eigenvalue weighted by atomic mass is 15.3. The Labute approximate surface area is 229 Å². The van der Waals surface area contributed by atoms with E-state index in [9.17, 15) is 0 Å². The van der Waals surface area contributed by atoms with Crippen molar-refractivity contribution < 1.29 is 0 Å². The number of aryl methyl sites for hydroxylation is 1. The molecule has 1 saturated carbocycles. The largest absolute Gasteiger partial charge is 0.381 e. The Morgan fingerprint density at radius 3 is 2.42 bits per heavy atom. The molecular weight excluding hydrogens is 470 g/mol. The average molecular weight is 518 g/mol. The zero-order valence-electron chi connectivity index (χ0n) is 24.2. The SMILES string of the molecule is CCC[C@@H](c1nc2cc(NC3CCC(c4ccccc4)(N(C)C)CC3)cnc2n1C)N1C[C@@H](C)N[C@@H](C)C1. The lowest BCUT2D eigenvalue weighted by Crippen LogP contribution is -2.55. The average Bonchev–Trinajstić information content (AvgIpc) is 3.22. The molecule has 1 aromatic carbocycles. The van der Waals surface area contributed by atoms with Crippen molar-refractivity contribution in [2.24, 2.45) is 7.05 Å². The maximum Gasteiger partial charge on any atom is 0.159 e. The summed E-state index contributed by atoms with van der Waals surface area (Å²) in [5.74, 6) is 1.14. The first-order valence-corrected chi connectivity index (χ1v) is 14.6. The summed E-state index contributed by atoms with van der Waals surface area (Å²) < 4.78 is 2.22. The number of benzene rings is 1. The van der Waals surface area contributed by atoms with E-state index in [1.165, 1.54) is 5.56 Å². The molecule has 2 aliphatic rings. The molecule has 38 heavy (non-hydrogen) atoms. The molecule has 3 atom stereocenters. The van der Waals surface area contributed by atoms with Gasteiger partial charge in [0.05, 0.1) is 17.9 Å². The van der Waals surface area contributed by atoms with Gasteiger partial charge in [-0.05, 0) is 71.7 Å². The van der Waals surface area contributed by atoms with Gasteiger partial charge in [0.15, 0.2) is 5.65 Å². The standard InChI is InChI=1S/C31H47N7/c1-7-11-28(38-20-22(2)33-23(3)21-38)30-35-27-18-26(19-32-29(27)37(30)6)34-25-14-16-31(17-15-25,36(4)5)24-12-9-8-10-13-24/h8-10,12-13,18-19,22-23,25,28,33-34H,7,11,14-17,20-21H2,1-6H3/t22-,23+,25?,28-,31?/m0/s1. The Balaban J connectivity index is 1.32. The van der Waals surface area contributed by atoms with Crippen molar-refractivity contribution in [1.29, 1.82) is 0 Å². The van der Waals surface area contributed by atoms with Crippen LogP contribution >= 0.6 is 0 Å². The van der Waals surface area contributed by atoms with E-state index in [0.29, 0.717) is 24.2 Å². The maximum absolute atomic E-state index is 5.19. The lowest BCUT2D eigenvalue weighted by atomic mass is 9.74. The molecule has 3 aromatic rings. The summed E-state index contributed by atoms with van der Waals surface area (Å²) in [6, 6.07) is 15.0. The third kappa shape index (κ3) is 5.33. The lowest BCUT2D eigenvalue weighted by Gasteiger charge is -2.46. The number of pyridine rings is 1. The zero-order chi connectivity index (χ0) is 26.9. The van der Waals surface area contributed by atoms with Crippen molar-refractivity contribution in [1.82, 2.24) is 29.7 Å². The van der Waals surface area contributed by atoms with E-state index >= 15 is 0 Å². The summed E-state index contributed by atoms with van der Waals surface area (Å²) in [5.41, 5.74) is 4.60. The van der Waals surface area contributed by atoms with Crippen LogP contribution in [0.1, 0.15) is 76.7 Å². The van der Waals surface area contributed by atoms with Crippen molar-refractivity contribution in [3.8, 4) is 0 Å². The third-order valence-corrected chi connectivity index (χ3v) is 8.98. The fourth-order valence-corrected chi connectivity index (χ4v) is 7.06. The van der Waals surface area contributed by atoms with Gasteiger partial charge in [-0.1, -0.05) is 43.7 Å². The first-order chi connectivity index (χ1) is 18.3. The molecule has 2 aromatic heterocycles. The molecule has 0 spiro atoms. The number of hydrogen-bond acceptors (Lipinski definition) is 6. The fraction of sp³-hybridized carbons (Fsp3) is 0.613. The molecule has 0 unspecified atom stereocenters. The molecule has 1 aliphatic carbocycles. The highest BCUT2D eigenvalue weighted by Crippen LogP contribution is 2.41. The quantitative estimate of drug-likeness (QED) is 0.423. The minimum absolute atomic E-state index is 0.116. The van der Waals surface area contributed by atoms with Crippen LogP contribution in [0.3, 0.4) is 0 Å². The summed E-state index contributed by atoms with van der Waals surface area (Å²) in [4.78, 5) is 15.1. The molecule has 0 amide bonds. The molecule has 0 bridgehead atoms. The number of hydrogen-bond donors (Lipinski definition) is 2. The number of rotatable bonds is 8. The molecular formula is C31H47N7. The number of nitrogens with zero attached hydrogens (tertiary/aromatic N) is 5. The van der Waals surface area contributed by atoms with Gasteiger partial charge >= 0.3 is 0 Å². The van der Waals surface area contributed by atoms with Gasteiger partial charge in [-0.25, -0.2) is 9.97 Å². The van der Waals surface area contributed by atoms with Gasteiger partial charge in [0.1, 0.15) is 11.3 Å². The van der Waals surface area contributed by atoms with Crippen LogP contribution in [0.4, 0.5) is 5.69 Å². The Morgan fingerprint density at radius 2 is 1.79 bits per heavy atom. The minimum Gasteiger partial charge on any atom is -0.381 e. The summed E-state index contributed by atoms with van der Waals surface area (Å²) >= 11 is 0. The minimum atomic E-state index is 0.116. The van der Waals surface area contributed by atoms with E-state index in [-0.39, 0.29) is 5.54 Å². The summed E-state index contributed by atoms with van der Waals surface area (Å²) in [6.07, 6.45) is 8.81. The van der Waals surface area contributed by atoms with Crippen molar-refractivity contribution in [2.45, 2.75) is 89.0 Å². The Hall–Kier alpha value is -2.48. The number of imidazole rings is 1. The monoisotopic (exact) mass is 517 g/mol. The van der Waals surface area contributed by atoms with Gasteiger partial charge in [-0.15, -0.1) is 0 Å². The van der Waals surface area contributed by atoms with Crippen LogP contribution in [0, 0.1) is 0 Å². The maximum atomic E-state index is 5.19. The number of aromatic nitrogens is 3. The normalized spacial score (nSPS) is 27.6. The second kappa shape index (κ2) is 11.3. The van der Waals surface area contributed by atoms with Gasteiger partial charge in [-0.3, -0.25) is 9.80 Å². The predicted molar refractivity (Wildman–Crippen MR) is 157 cm³/mol. The Morgan fingerprint density at radius 1 is 1.11 bits per heavy atom. The zero-order valence-corrected chi connectivity index (χ0v) is 24.2. The predicted octanol–water partition coefficient (Wildman–Crippen LogP) is 5.30. The number of nitrogens with one attached hydrogen (secondary N) is 2. The smallest absolute Gasteiger partial charge is 0.159 e. The van der Waals surface area contributed by atoms with Gasteiger partial charge in [0, 0.05) is 43.8 Å². The van der Waals surface area contributed by atoms with Crippen LogP contribution in [-0.2, 0) is 12.6 Å². The molecule has 2 fully saturated rings. The molecule has 206 valence electrons. The van der Waals surface area contributed by atoms with E-state index in [1.54, 1.807) is 0 Å². The molecule has 1 aliphatic heterocycles. The van der Waals surface area contributed by atoms with E-state index < -0.39 is 0 Å². The molecule has 5 rings (SSSR count). The van der Waals surface area contributed by atoms with E-state index in [0.717, 1.165) is 74.3 Å². The first kappa shape index (κ1) is 27.1. The number of fused-ring (bicyclic) bond motifs is 1. The van der Waals surface area contributed by atoms with Gasteiger partial charge in [0.2, 0.25) is 0 Å². The molecule has 2 N–H and O–H groups in total. The second-order valence-electron chi connectivity index (χ2n) is 12.0. The molecule has 7 nitrogen and oxygen atoms in total. The Kier molecular flexibility index (Phi) is 8.08. The van der Waals surface area contributed by atoms with Crippen LogP contribution in [0.15, 0.2) is 42.6 Å². The lowest BCUT2D eigenvalue weighted by molar-refractivity contribution is 0.0945. The molecule has 3 heterocycles.